The molecule has 0 fully saturated rings. The SMILES string of the molecule is Cc1c(NC(=O)OC(C)(C)C)csc1-c1ccccc1F. The van der Waals surface area contributed by atoms with E-state index in [4.69, 9.17) is 4.74 Å². The number of hydrogen-bond donors (Lipinski definition) is 1. The van der Waals surface area contributed by atoms with E-state index in [1.807, 2.05) is 6.92 Å². The summed E-state index contributed by atoms with van der Waals surface area (Å²) in [6.45, 7) is 7.26. The minimum atomic E-state index is -0.553. The van der Waals surface area contributed by atoms with E-state index in [1.165, 1.54) is 17.4 Å². The summed E-state index contributed by atoms with van der Waals surface area (Å²) in [6.07, 6.45) is -0.511. The molecule has 0 saturated carbocycles. The molecule has 1 heterocycles. The van der Waals surface area contributed by atoms with Gasteiger partial charge in [0.15, 0.2) is 0 Å². The molecule has 1 N–H and O–H groups in total. The largest absolute Gasteiger partial charge is 0.444 e. The van der Waals surface area contributed by atoms with Crippen molar-refractivity contribution in [3.63, 3.8) is 0 Å². The zero-order valence-corrected chi connectivity index (χ0v) is 13.3. The molecule has 0 aliphatic rings. The fourth-order valence-corrected chi connectivity index (χ4v) is 2.92. The molecule has 1 amide bonds. The van der Waals surface area contributed by atoms with E-state index in [2.05, 4.69) is 5.32 Å². The summed E-state index contributed by atoms with van der Waals surface area (Å²) < 4.78 is 19.1. The van der Waals surface area contributed by atoms with Crippen LogP contribution in [-0.2, 0) is 4.74 Å². The zero-order valence-electron chi connectivity index (χ0n) is 12.5. The predicted molar refractivity (Wildman–Crippen MR) is 84.3 cm³/mol. The predicted octanol–water partition coefficient (Wildman–Crippen LogP) is 5.21. The van der Waals surface area contributed by atoms with Crippen LogP contribution in [0.5, 0.6) is 0 Å². The first-order valence-electron chi connectivity index (χ1n) is 6.61. The maximum Gasteiger partial charge on any atom is 0.412 e. The molecule has 0 aliphatic carbocycles. The van der Waals surface area contributed by atoms with E-state index in [0.29, 0.717) is 11.3 Å². The highest BCUT2D eigenvalue weighted by atomic mass is 32.1. The van der Waals surface area contributed by atoms with Crippen LogP contribution in [0.1, 0.15) is 26.3 Å². The first kappa shape index (κ1) is 15.5. The Kier molecular flexibility index (Phi) is 4.32. The molecule has 2 aromatic rings. The van der Waals surface area contributed by atoms with Gasteiger partial charge in [-0.1, -0.05) is 18.2 Å². The lowest BCUT2D eigenvalue weighted by atomic mass is 10.1. The topological polar surface area (TPSA) is 38.3 Å². The lowest BCUT2D eigenvalue weighted by molar-refractivity contribution is 0.0636. The monoisotopic (exact) mass is 307 g/mol. The fourth-order valence-electron chi connectivity index (χ4n) is 1.86. The van der Waals surface area contributed by atoms with Gasteiger partial charge < -0.3 is 4.74 Å². The summed E-state index contributed by atoms with van der Waals surface area (Å²) >= 11 is 1.39. The summed E-state index contributed by atoms with van der Waals surface area (Å²) in [5.41, 5.74) is 1.46. The molecule has 3 nitrogen and oxygen atoms in total. The summed E-state index contributed by atoms with van der Waals surface area (Å²) in [7, 11) is 0. The molecule has 0 spiro atoms. The molecule has 0 aliphatic heterocycles. The van der Waals surface area contributed by atoms with Gasteiger partial charge in [-0.25, -0.2) is 9.18 Å². The first-order chi connectivity index (χ1) is 9.78. The molecule has 2 rings (SSSR count). The average molecular weight is 307 g/mol. The fraction of sp³-hybridized carbons (Fsp3) is 0.312. The number of rotatable bonds is 2. The first-order valence-corrected chi connectivity index (χ1v) is 7.49. The maximum atomic E-state index is 13.8. The van der Waals surface area contributed by atoms with Crippen molar-refractivity contribution >= 4 is 23.1 Å². The van der Waals surface area contributed by atoms with Gasteiger partial charge >= 0.3 is 6.09 Å². The molecule has 112 valence electrons. The van der Waals surface area contributed by atoms with E-state index in [9.17, 15) is 9.18 Å². The van der Waals surface area contributed by atoms with Crippen molar-refractivity contribution in [3.8, 4) is 10.4 Å². The third-order valence-electron chi connectivity index (χ3n) is 2.79. The standard InChI is InChI=1S/C16H18FNO2S/c1-10-13(18-15(19)20-16(2,3)4)9-21-14(10)11-7-5-6-8-12(11)17/h5-9H,1-4H3,(H,18,19). The Morgan fingerprint density at radius 3 is 2.57 bits per heavy atom. The number of benzene rings is 1. The van der Waals surface area contributed by atoms with E-state index >= 15 is 0 Å². The Morgan fingerprint density at radius 2 is 1.95 bits per heavy atom. The van der Waals surface area contributed by atoms with Gasteiger partial charge in [-0.15, -0.1) is 11.3 Å². The Morgan fingerprint density at radius 1 is 1.29 bits per heavy atom. The van der Waals surface area contributed by atoms with Gasteiger partial charge in [0, 0.05) is 15.8 Å². The molecule has 21 heavy (non-hydrogen) atoms. The second kappa shape index (κ2) is 5.85. The maximum absolute atomic E-state index is 13.8. The van der Waals surface area contributed by atoms with Crippen LogP contribution in [0.3, 0.4) is 0 Å². The van der Waals surface area contributed by atoms with Crippen LogP contribution in [-0.4, -0.2) is 11.7 Å². The van der Waals surface area contributed by atoms with Gasteiger partial charge in [0.2, 0.25) is 0 Å². The Labute approximate surface area is 127 Å². The highest BCUT2D eigenvalue weighted by Gasteiger charge is 2.19. The number of thiophene rings is 1. The van der Waals surface area contributed by atoms with E-state index in [0.717, 1.165) is 10.4 Å². The molecule has 0 bridgehead atoms. The average Bonchev–Trinajstić information content (AvgIpc) is 2.69. The minimum Gasteiger partial charge on any atom is -0.444 e. The lowest BCUT2D eigenvalue weighted by Crippen LogP contribution is -2.27. The number of nitrogens with one attached hydrogen (secondary N) is 1. The highest BCUT2D eigenvalue weighted by Crippen LogP contribution is 2.36. The molecular formula is C16H18FNO2S. The molecule has 0 atom stereocenters. The molecular weight excluding hydrogens is 289 g/mol. The Hall–Kier alpha value is -1.88. The van der Waals surface area contributed by atoms with Gasteiger partial charge in [0.25, 0.3) is 0 Å². The summed E-state index contributed by atoms with van der Waals surface area (Å²) in [6, 6.07) is 6.60. The molecule has 0 saturated heterocycles. The second-order valence-electron chi connectivity index (χ2n) is 5.71. The molecule has 5 heteroatoms. The highest BCUT2D eigenvalue weighted by molar-refractivity contribution is 7.14. The number of anilines is 1. The third kappa shape index (κ3) is 3.82. The number of amides is 1. The van der Waals surface area contributed by atoms with E-state index in [-0.39, 0.29) is 5.82 Å². The molecule has 1 aromatic heterocycles. The van der Waals surface area contributed by atoms with Crippen molar-refractivity contribution in [2.75, 3.05) is 5.32 Å². The van der Waals surface area contributed by atoms with Gasteiger partial charge in [-0.2, -0.15) is 0 Å². The molecule has 1 aromatic carbocycles. The quantitative estimate of drug-likeness (QED) is 0.827. The van der Waals surface area contributed by atoms with Gasteiger partial charge in [0.05, 0.1) is 5.69 Å². The van der Waals surface area contributed by atoms with Gasteiger partial charge in [-0.3, -0.25) is 5.32 Å². The number of carbonyl (C=O) groups excluding carboxylic acids is 1. The number of carbonyl (C=O) groups is 1. The van der Waals surface area contributed by atoms with Crippen molar-refractivity contribution < 1.29 is 13.9 Å². The van der Waals surface area contributed by atoms with Crippen LogP contribution in [0.15, 0.2) is 29.6 Å². The summed E-state index contributed by atoms with van der Waals surface area (Å²) in [5.74, 6) is -0.272. The minimum absolute atomic E-state index is 0.272. The Balaban J connectivity index is 2.22. The van der Waals surface area contributed by atoms with Gasteiger partial charge in [0.1, 0.15) is 11.4 Å². The van der Waals surface area contributed by atoms with Crippen molar-refractivity contribution in [2.24, 2.45) is 0 Å². The molecule has 0 radical (unpaired) electrons. The summed E-state index contributed by atoms with van der Waals surface area (Å²) in [4.78, 5) is 12.6. The number of hydrogen-bond acceptors (Lipinski definition) is 3. The molecule has 0 unspecified atom stereocenters. The van der Waals surface area contributed by atoms with Gasteiger partial charge in [-0.05, 0) is 39.3 Å². The van der Waals surface area contributed by atoms with Crippen LogP contribution in [0.2, 0.25) is 0 Å². The normalized spacial score (nSPS) is 11.3. The van der Waals surface area contributed by atoms with Crippen LogP contribution >= 0.6 is 11.3 Å². The van der Waals surface area contributed by atoms with E-state index < -0.39 is 11.7 Å². The van der Waals surface area contributed by atoms with Crippen molar-refractivity contribution in [2.45, 2.75) is 33.3 Å². The van der Waals surface area contributed by atoms with Crippen molar-refractivity contribution in [1.29, 1.82) is 0 Å². The van der Waals surface area contributed by atoms with Crippen molar-refractivity contribution in [1.82, 2.24) is 0 Å². The second-order valence-corrected chi connectivity index (χ2v) is 6.59. The summed E-state index contributed by atoms with van der Waals surface area (Å²) in [5, 5.41) is 4.50. The Bertz CT molecular complexity index is 659. The number of halogens is 1. The smallest absolute Gasteiger partial charge is 0.412 e. The van der Waals surface area contributed by atoms with Crippen LogP contribution < -0.4 is 5.32 Å². The number of ether oxygens (including phenoxy) is 1. The lowest BCUT2D eigenvalue weighted by Gasteiger charge is -2.19. The van der Waals surface area contributed by atoms with Crippen LogP contribution in [0.25, 0.3) is 10.4 Å². The van der Waals surface area contributed by atoms with Crippen molar-refractivity contribution in [3.05, 3.63) is 41.0 Å². The zero-order chi connectivity index (χ0) is 15.6. The van der Waals surface area contributed by atoms with Crippen LogP contribution in [0, 0.1) is 12.7 Å². The third-order valence-corrected chi connectivity index (χ3v) is 3.91. The van der Waals surface area contributed by atoms with Crippen LogP contribution in [0.4, 0.5) is 14.9 Å². The van der Waals surface area contributed by atoms with E-state index in [1.54, 1.807) is 44.4 Å².